The third-order valence-corrected chi connectivity index (χ3v) is 4.84. The zero-order chi connectivity index (χ0) is 14.7. The highest BCUT2D eigenvalue weighted by atomic mass is 32.1. The van der Waals surface area contributed by atoms with Gasteiger partial charge in [-0.3, -0.25) is 4.79 Å². The van der Waals surface area contributed by atoms with E-state index in [0.29, 0.717) is 11.6 Å². The van der Waals surface area contributed by atoms with Crippen molar-refractivity contribution in [2.75, 3.05) is 5.32 Å². The number of carbonyl (C=O) groups is 1. The lowest BCUT2D eigenvalue weighted by Crippen LogP contribution is -2.13. The fourth-order valence-corrected chi connectivity index (χ4v) is 3.68. The minimum atomic E-state index is 0.0592. The number of nitrogens with zero attached hydrogens (tertiary/aromatic N) is 4. The molecule has 6 nitrogen and oxygen atoms in total. The molecule has 1 fully saturated rings. The molecular formula is C14H21N5OS. The Hall–Kier alpha value is -1.50. The number of fused-ring (bicyclic) bond motifs is 1. The first-order valence-corrected chi connectivity index (χ1v) is 8.59. The summed E-state index contributed by atoms with van der Waals surface area (Å²) in [6.07, 6.45) is 8.64. The van der Waals surface area contributed by atoms with Gasteiger partial charge in [0.1, 0.15) is 0 Å². The Morgan fingerprint density at radius 2 is 2.19 bits per heavy atom. The smallest absolute Gasteiger partial charge is 0.236 e. The van der Waals surface area contributed by atoms with Gasteiger partial charge < -0.3 is 5.32 Å². The number of hydrogen-bond donors (Lipinski definition) is 1. The normalized spacial score (nSPS) is 15.9. The highest BCUT2D eigenvalue weighted by molar-refractivity contribution is 7.20. The predicted octanol–water partition coefficient (Wildman–Crippen LogP) is 3.05. The molecule has 0 atom stereocenters. The van der Waals surface area contributed by atoms with E-state index in [1.165, 1.54) is 37.0 Å². The van der Waals surface area contributed by atoms with Gasteiger partial charge in [0.05, 0.1) is 0 Å². The first kappa shape index (κ1) is 14.4. The molecule has 0 saturated heterocycles. The maximum Gasteiger partial charge on any atom is 0.236 e. The van der Waals surface area contributed by atoms with Gasteiger partial charge in [0.15, 0.2) is 5.82 Å². The van der Waals surface area contributed by atoms with Crippen LogP contribution in [0.1, 0.15) is 57.7 Å². The Bertz CT molecular complexity index is 614. The summed E-state index contributed by atoms with van der Waals surface area (Å²) in [4.78, 5) is 12.7. The second-order valence-corrected chi connectivity index (χ2v) is 6.66. The summed E-state index contributed by atoms with van der Waals surface area (Å²) in [6, 6.07) is 0. The van der Waals surface area contributed by atoms with E-state index in [1.807, 2.05) is 0 Å². The number of aryl methyl sites for hydroxylation is 1. The molecule has 3 rings (SSSR count). The van der Waals surface area contributed by atoms with Crippen LogP contribution in [0.4, 0.5) is 5.13 Å². The molecule has 0 spiro atoms. The third-order valence-electron chi connectivity index (χ3n) is 4.03. The van der Waals surface area contributed by atoms with E-state index >= 15 is 0 Å². The number of rotatable bonds is 6. The van der Waals surface area contributed by atoms with Crippen LogP contribution in [0.2, 0.25) is 0 Å². The Morgan fingerprint density at radius 1 is 1.38 bits per heavy atom. The highest BCUT2D eigenvalue weighted by Gasteiger charge is 2.17. The van der Waals surface area contributed by atoms with Gasteiger partial charge in [-0.2, -0.15) is 4.52 Å². The molecule has 1 amide bonds. The zero-order valence-electron chi connectivity index (χ0n) is 12.3. The predicted molar refractivity (Wildman–Crippen MR) is 82.5 cm³/mol. The summed E-state index contributed by atoms with van der Waals surface area (Å²) < 4.78 is 1.74. The Kier molecular flexibility index (Phi) is 4.48. The molecule has 114 valence electrons. The van der Waals surface area contributed by atoms with Crippen molar-refractivity contribution in [1.29, 1.82) is 0 Å². The van der Waals surface area contributed by atoms with Crippen LogP contribution in [0.3, 0.4) is 0 Å². The molecular weight excluding hydrogens is 286 g/mol. The molecule has 2 aromatic rings. The van der Waals surface area contributed by atoms with Crippen molar-refractivity contribution in [3.63, 3.8) is 0 Å². The fraction of sp³-hybridized carbons (Fsp3) is 0.714. The molecule has 2 aromatic heterocycles. The van der Waals surface area contributed by atoms with Crippen LogP contribution < -0.4 is 5.32 Å². The van der Waals surface area contributed by atoms with Crippen LogP contribution in [0.25, 0.3) is 4.96 Å². The quantitative estimate of drug-likeness (QED) is 0.890. The van der Waals surface area contributed by atoms with E-state index in [4.69, 9.17) is 0 Å². The molecule has 7 heteroatoms. The second-order valence-electron chi connectivity index (χ2n) is 5.71. The fourth-order valence-electron chi connectivity index (χ4n) is 2.90. The molecule has 0 aromatic carbocycles. The molecule has 0 radical (unpaired) electrons. The van der Waals surface area contributed by atoms with Gasteiger partial charge in [0.25, 0.3) is 0 Å². The van der Waals surface area contributed by atoms with Gasteiger partial charge in [-0.25, -0.2) is 0 Å². The lowest BCUT2D eigenvalue weighted by Gasteiger charge is -2.07. The number of hydrogen-bond acceptors (Lipinski definition) is 5. The van der Waals surface area contributed by atoms with Crippen molar-refractivity contribution in [2.45, 2.75) is 58.3 Å². The van der Waals surface area contributed by atoms with Crippen LogP contribution in [0, 0.1) is 5.92 Å². The number of carbonyl (C=O) groups excluding carboxylic acids is 1. The van der Waals surface area contributed by atoms with E-state index in [2.05, 4.69) is 27.5 Å². The minimum absolute atomic E-state index is 0.0592. The molecule has 21 heavy (non-hydrogen) atoms. The van der Waals surface area contributed by atoms with E-state index in [9.17, 15) is 4.79 Å². The van der Waals surface area contributed by atoms with Gasteiger partial charge in [0.2, 0.25) is 16.0 Å². The number of amides is 1. The van der Waals surface area contributed by atoms with Gasteiger partial charge >= 0.3 is 0 Å². The van der Waals surface area contributed by atoms with Crippen molar-refractivity contribution in [3.8, 4) is 0 Å². The van der Waals surface area contributed by atoms with Crippen LogP contribution in [-0.2, 0) is 11.2 Å². The molecule has 1 aliphatic carbocycles. The summed E-state index contributed by atoms with van der Waals surface area (Å²) in [5.74, 6) is 1.66. The SMILES string of the molecule is CCCc1nnc2sc(NC(=O)CCC3CCCC3)nn12. The van der Waals surface area contributed by atoms with E-state index in [0.717, 1.165) is 36.0 Å². The Balaban J connectivity index is 1.57. The standard InChI is InChI=1S/C14H21N5OS/c1-2-5-11-16-17-14-19(11)18-13(21-14)15-12(20)9-8-10-6-3-4-7-10/h10H,2-9H2,1H3,(H,15,18,20). The molecule has 1 aliphatic rings. The molecule has 0 aliphatic heterocycles. The maximum absolute atomic E-state index is 12.0. The number of nitrogens with one attached hydrogen (secondary N) is 1. The zero-order valence-corrected chi connectivity index (χ0v) is 13.2. The number of anilines is 1. The first-order chi connectivity index (χ1) is 10.3. The molecule has 1 saturated carbocycles. The van der Waals surface area contributed by atoms with Crippen LogP contribution in [-0.4, -0.2) is 25.7 Å². The molecule has 0 unspecified atom stereocenters. The van der Waals surface area contributed by atoms with Gasteiger partial charge in [-0.1, -0.05) is 43.9 Å². The summed E-state index contributed by atoms with van der Waals surface area (Å²) in [6.45, 7) is 2.10. The van der Waals surface area contributed by atoms with Crippen LogP contribution in [0.15, 0.2) is 0 Å². The van der Waals surface area contributed by atoms with E-state index in [-0.39, 0.29) is 5.91 Å². The average Bonchev–Trinajstić information content (AvgIpc) is 3.15. The van der Waals surface area contributed by atoms with Crippen molar-refractivity contribution < 1.29 is 4.79 Å². The lowest BCUT2D eigenvalue weighted by atomic mass is 10.0. The van der Waals surface area contributed by atoms with Crippen molar-refractivity contribution in [1.82, 2.24) is 19.8 Å². The number of aromatic nitrogens is 4. The van der Waals surface area contributed by atoms with Gasteiger partial charge in [-0.05, 0) is 18.8 Å². The van der Waals surface area contributed by atoms with E-state index < -0.39 is 0 Å². The summed E-state index contributed by atoms with van der Waals surface area (Å²) >= 11 is 1.38. The minimum Gasteiger partial charge on any atom is -0.301 e. The van der Waals surface area contributed by atoms with Crippen molar-refractivity contribution in [3.05, 3.63) is 5.82 Å². The van der Waals surface area contributed by atoms with Crippen molar-refractivity contribution in [2.24, 2.45) is 5.92 Å². The summed E-state index contributed by atoms with van der Waals surface area (Å²) in [5, 5.41) is 16.1. The molecule has 1 N–H and O–H groups in total. The Morgan fingerprint density at radius 3 is 2.95 bits per heavy atom. The average molecular weight is 307 g/mol. The summed E-state index contributed by atoms with van der Waals surface area (Å²) in [5.41, 5.74) is 0. The highest BCUT2D eigenvalue weighted by Crippen LogP contribution is 2.28. The maximum atomic E-state index is 12.0. The second kappa shape index (κ2) is 6.51. The lowest BCUT2D eigenvalue weighted by molar-refractivity contribution is -0.116. The van der Waals surface area contributed by atoms with Crippen molar-refractivity contribution >= 4 is 27.3 Å². The first-order valence-electron chi connectivity index (χ1n) is 7.77. The van der Waals surface area contributed by atoms with Crippen LogP contribution >= 0.6 is 11.3 Å². The van der Waals surface area contributed by atoms with Gasteiger partial charge in [0, 0.05) is 12.8 Å². The van der Waals surface area contributed by atoms with Crippen LogP contribution in [0.5, 0.6) is 0 Å². The molecule has 2 heterocycles. The molecule has 0 bridgehead atoms. The largest absolute Gasteiger partial charge is 0.301 e. The monoisotopic (exact) mass is 307 g/mol. The Labute approximate surface area is 128 Å². The topological polar surface area (TPSA) is 72.2 Å². The summed E-state index contributed by atoms with van der Waals surface area (Å²) in [7, 11) is 0. The van der Waals surface area contributed by atoms with E-state index in [1.54, 1.807) is 4.52 Å². The third kappa shape index (κ3) is 3.40. The van der Waals surface area contributed by atoms with Gasteiger partial charge in [-0.15, -0.1) is 15.3 Å².